The molecule has 2 aromatic heterocycles. The van der Waals surface area contributed by atoms with Gasteiger partial charge in [-0.05, 0) is 41.6 Å². The Morgan fingerprint density at radius 1 is 0.500 bits per heavy atom. The second kappa shape index (κ2) is 9.59. The van der Waals surface area contributed by atoms with Crippen molar-refractivity contribution in [2.75, 3.05) is 0 Å². The molecule has 0 aliphatic rings. The van der Waals surface area contributed by atoms with Crippen molar-refractivity contribution in [3.05, 3.63) is 144 Å². The fourth-order valence-corrected chi connectivity index (χ4v) is 4.68. The van der Waals surface area contributed by atoms with Crippen molar-refractivity contribution in [1.82, 2.24) is 9.97 Å². The number of aromatic nitrogens is 2. The molecule has 0 amide bonds. The summed E-state index contributed by atoms with van der Waals surface area (Å²) in [6.45, 7) is 2.12. The van der Waals surface area contributed by atoms with Crippen LogP contribution in [0.3, 0.4) is 0 Å². The van der Waals surface area contributed by atoms with Gasteiger partial charge < -0.3 is 0 Å². The summed E-state index contributed by atoms with van der Waals surface area (Å²) in [6, 6.07) is 44.6. The van der Waals surface area contributed by atoms with Gasteiger partial charge in [0.05, 0.1) is 17.1 Å². The van der Waals surface area contributed by atoms with Crippen molar-refractivity contribution in [2.45, 2.75) is 13.3 Å². The lowest BCUT2D eigenvalue weighted by molar-refractivity contribution is 1.03. The Morgan fingerprint density at radius 2 is 1.11 bits per heavy atom. The van der Waals surface area contributed by atoms with Gasteiger partial charge in [0, 0.05) is 28.6 Å². The van der Waals surface area contributed by atoms with Crippen LogP contribution in [0.2, 0.25) is 0 Å². The van der Waals surface area contributed by atoms with Gasteiger partial charge >= 0.3 is 0 Å². The van der Waals surface area contributed by atoms with E-state index in [4.69, 9.17) is 9.97 Å². The molecule has 2 heterocycles. The van der Waals surface area contributed by atoms with E-state index < -0.39 is 0 Å². The molecule has 6 rings (SSSR count). The van der Waals surface area contributed by atoms with Crippen molar-refractivity contribution in [2.24, 2.45) is 0 Å². The van der Waals surface area contributed by atoms with Crippen molar-refractivity contribution in [1.29, 1.82) is 0 Å². The van der Waals surface area contributed by atoms with Gasteiger partial charge in [-0.1, -0.05) is 115 Å². The molecular weight excluding hydrogens is 436 g/mol. The van der Waals surface area contributed by atoms with E-state index in [-0.39, 0.29) is 0 Å². The lowest BCUT2D eigenvalue weighted by Crippen LogP contribution is -2.00. The maximum Gasteiger partial charge on any atom is 0.0711 e. The van der Waals surface area contributed by atoms with Gasteiger partial charge in [0.25, 0.3) is 0 Å². The molecule has 4 aromatic carbocycles. The van der Waals surface area contributed by atoms with Gasteiger partial charge in [0.15, 0.2) is 0 Å². The molecule has 0 fully saturated rings. The van der Waals surface area contributed by atoms with E-state index in [2.05, 4.69) is 122 Å². The van der Waals surface area contributed by atoms with Gasteiger partial charge in [-0.3, -0.25) is 9.97 Å². The Kier molecular flexibility index (Phi) is 5.85. The van der Waals surface area contributed by atoms with Gasteiger partial charge in [-0.2, -0.15) is 0 Å². The number of aryl methyl sites for hydroxylation is 1. The first-order valence-electron chi connectivity index (χ1n) is 12.3. The molecule has 0 aliphatic heterocycles. The SMILES string of the molecule is Cc1ccc(-c2cc(Cc3nc(-c4ccccc4)cc4ccccc34)nc(-c3ccccc3)c2)cc1. The van der Waals surface area contributed by atoms with Crippen LogP contribution in [-0.4, -0.2) is 9.97 Å². The minimum atomic E-state index is 0.653. The normalized spacial score (nSPS) is 11.0. The Hall–Kier alpha value is -4.56. The average molecular weight is 463 g/mol. The van der Waals surface area contributed by atoms with Crippen molar-refractivity contribution in [3.63, 3.8) is 0 Å². The Labute approximate surface area is 212 Å². The third-order valence-corrected chi connectivity index (χ3v) is 6.57. The van der Waals surface area contributed by atoms with Crippen molar-refractivity contribution in [3.8, 4) is 33.6 Å². The van der Waals surface area contributed by atoms with Crippen molar-refractivity contribution >= 4 is 10.8 Å². The highest BCUT2D eigenvalue weighted by Crippen LogP contribution is 2.30. The molecule has 0 spiro atoms. The van der Waals surface area contributed by atoms with Crippen LogP contribution in [0.4, 0.5) is 0 Å². The molecule has 6 aromatic rings. The largest absolute Gasteiger partial charge is 0.252 e. The maximum absolute atomic E-state index is 5.14. The third-order valence-electron chi connectivity index (χ3n) is 6.57. The summed E-state index contributed by atoms with van der Waals surface area (Å²) in [5, 5.41) is 2.36. The second-order valence-electron chi connectivity index (χ2n) is 9.18. The minimum Gasteiger partial charge on any atom is -0.252 e. The highest BCUT2D eigenvalue weighted by atomic mass is 14.8. The zero-order valence-corrected chi connectivity index (χ0v) is 20.2. The maximum atomic E-state index is 5.14. The number of benzene rings is 4. The molecule has 2 nitrogen and oxygen atoms in total. The van der Waals surface area contributed by atoms with E-state index in [1.807, 2.05) is 12.1 Å². The van der Waals surface area contributed by atoms with Crippen LogP contribution in [0.25, 0.3) is 44.4 Å². The molecule has 172 valence electrons. The highest BCUT2D eigenvalue weighted by Gasteiger charge is 2.12. The Morgan fingerprint density at radius 3 is 1.81 bits per heavy atom. The Balaban J connectivity index is 1.50. The smallest absolute Gasteiger partial charge is 0.0711 e. The predicted octanol–water partition coefficient (Wildman–Crippen LogP) is 8.53. The van der Waals surface area contributed by atoms with Gasteiger partial charge in [-0.25, -0.2) is 0 Å². The van der Waals surface area contributed by atoms with Gasteiger partial charge in [-0.15, -0.1) is 0 Å². The predicted molar refractivity (Wildman–Crippen MR) is 150 cm³/mol. The second-order valence-corrected chi connectivity index (χ2v) is 9.18. The van der Waals surface area contributed by atoms with Gasteiger partial charge in [0.1, 0.15) is 0 Å². The first-order valence-corrected chi connectivity index (χ1v) is 12.3. The summed E-state index contributed by atoms with van der Waals surface area (Å²) in [7, 11) is 0. The molecule has 0 bridgehead atoms. The van der Waals surface area contributed by atoms with Crippen LogP contribution in [0.15, 0.2) is 127 Å². The standard InChI is InChI=1S/C34H26N2/c1-24-16-18-25(19-17-24)29-20-30(35-32(22-29)26-10-4-2-5-11-26)23-34-31-15-9-8-14-28(31)21-33(36-34)27-12-6-3-7-13-27/h2-22H,23H2,1H3. The lowest BCUT2D eigenvalue weighted by atomic mass is 9.98. The fraction of sp³-hybridized carbons (Fsp3) is 0.0588. The van der Waals surface area contributed by atoms with Crippen LogP contribution in [0.5, 0.6) is 0 Å². The first kappa shape index (κ1) is 21.9. The number of rotatable bonds is 5. The quantitative estimate of drug-likeness (QED) is 0.256. The summed E-state index contributed by atoms with van der Waals surface area (Å²) in [6.07, 6.45) is 0.653. The minimum absolute atomic E-state index is 0.653. The summed E-state index contributed by atoms with van der Waals surface area (Å²) >= 11 is 0. The van der Waals surface area contributed by atoms with Crippen LogP contribution in [-0.2, 0) is 6.42 Å². The number of fused-ring (bicyclic) bond motifs is 1. The van der Waals surface area contributed by atoms with E-state index in [1.165, 1.54) is 27.5 Å². The van der Waals surface area contributed by atoms with Crippen LogP contribution in [0.1, 0.15) is 17.0 Å². The fourth-order valence-electron chi connectivity index (χ4n) is 4.68. The molecule has 36 heavy (non-hydrogen) atoms. The molecular formula is C34H26N2. The zero-order chi connectivity index (χ0) is 24.3. The zero-order valence-electron chi connectivity index (χ0n) is 20.2. The molecule has 2 heteroatoms. The molecule has 0 unspecified atom stereocenters. The van der Waals surface area contributed by atoms with Crippen molar-refractivity contribution < 1.29 is 0 Å². The summed E-state index contributed by atoms with van der Waals surface area (Å²) in [5.74, 6) is 0. The van der Waals surface area contributed by atoms with Gasteiger partial charge in [0.2, 0.25) is 0 Å². The van der Waals surface area contributed by atoms with Crippen LogP contribution in [0, 0.1) is 6.92 Å². The molecule has 0 aliphatic carbocycles. The first-order chi connectivity index (χ1) is 17.7. The lowest BCUT2D eigenvalue weighted by Gasteiger charge is -2.13. The molecule has 0 saturated heterocycles. The van der Waals surface area contributed by atoms with Crippen LogP contribution >= 0.6 is 0 Å². The number of hydrogen-bond acceptors (Lipinski definition) is 2. The average Bonchev–Trinajstić information content (AvgIpc) is 2.94. The molecule has 0 N–H and O–H groups in total. The van der Waals surface area contributed by atoms with E-state index >= 15 is 0 Å². The number of hydrogen-bond donors (Lipinski definition) is 0. The molecule has 0 radical (unpaired) electrons. The van der Waals surface area contributed by atoms with E-state index in [0.717, 1.165) is 33.9 Å². The summed E-state index contributed by atoms with van der Waals surface area (Å²) in [5.41, 5.74) is 9.87. The summed E-state index contributed by atoms with van der Waals surface area (Å²) in [4.78, 5) is 10.3. The highest BCUT2D eigenvalue weighted by molar-refractivity contribution is 5.88. The monoisotopic (exact) mass is 462 g/mol. The third kappa shape index (κ3) is 4.54. The summed E-state index contributed by atoms with van der Waals surface area (Å²) < 4.78 is 0. The van der Waals surface area contributed by atoms with E-state index in [0.29, 0.717) is 6.42 Å². The topological polar surface area (TPSA) is 25.8 Å². The number of nitrogens with zero attached hydrogens (tertiary/aromatic N) is 2. The van der Waals surface area contributed by atoms with E-state index in [1.54, 1.807) is 0 Å². The molecule has 0 saturated carbocycles. The number of pyridine rings is 2. The van der Waals surface area contributed by atoms with Crippen LogP contribution < -0.4 is 0 Å². The van der Waals surface area contributed by atoms with E-state index in [9.17, 15) is 0 Å². The molecule has 0 atom stereocenters. The Bertz CT molecular complexity index is 1640.